The molecule has 2 N–H and O–H groups in total. The van der Waals surface area contributed by atoms with Crippen LogP contribution in [-0.2, 0) is 12.8 Å². The average molecular weight is 326 g/mol. The molecule has 23 heavy (non-hydrogen) atoms. The van der Waals surface area contributed by atoms with E-state index >= 15 is 0 Å². The molecule has 0 saturated carbocycles. The minimum atomic E-state index is -0.469. The number of nitrogens with zero attached hydrogens (tertiary/aromatic N) is 1. The Bertz CT molecular complexity index is 702. The molecule has 3 nitrogen and oxygen atoms in total. The highest BCUT2D eigenvalue weighted by Gasteiger charge is 2.23. The molecule has 1 aliphatic carbocycles. The summed E-state index contributed by atoms with van der Waals surface area (Å²) in [6.07, 6.45) is 3.44. The van der Waals surface area contributed by atoms with Gasteiger partial charge in [-0.3, -0.25) is 0 Å². The molecular weight excluding hydrogens is 304 g/mol. The van der Waals surface area contributed by atoms with Crippen LogP contribution >= 0.6 is 11.3 Å². The molecular formula is C19H22N2OS. The molecule has 4 heteroatoms. The van der Waals surface area contributed by atoms with Crippen molar-refractivity contribution in [1.82, 2.24) is 0 Å². The van der Waals surface area contributed by atoms with E-state index in [4.69, 9.17) is 0 Å². The zero-order valence-electron chi connectivity index (χ0n) is 13.4. The first-order valence-electron chi connectivity index (χ1n) is 8.20. The van der Waals surface area contributed by atoms with Gasteiger partial charge in [-0.2, -0.15) is 5.26 Å². The Morgan fingerprint density at radius 3 is 2.91 bits per heavy atom. The van der Waals surface area contributed by atoms with E-state index in [1.54, 1.807) is 11.3 Å². The van der Waals surface area contributed by atoms with E-state index in [-0.39, 0.29) is 0 Å². The second-order valence-corrected chi connectivity index (χ2v) is 7.41. The Morgan fingerprint density at radius 1 is 1.39 bits per heavy atom. The fourth-order valence-corrected chi connectivity index (χ4v) is 4.54. The second kappa shape index (κ2) is 7.16. The summed E-state index contributed by atoms with van der Waals surface area (Å²) in [6.45, 7) is 2.94. The largest absolute Gasteiger partial charge is 0.388 e. The smallest absolute Gasteiger partial charge is 0.107 e. The maximum absolute atomic E-state index is 10.2. The van der Waals surface area contributed by atoms with Gasteiger partial charge in [-0.25, -0.2) is 0 Å². The zero-order valence-corrected chi connectivity index (χ0v) is 14.2. The molecule has 2 atom stereocenters. The lowest BCUT2D eigenvalue weighted by Crippen LogP contribution is -2.09. The maximum Gasteiger partial charge on any atom is 0.107 e. The van der Waals surface area contributed by atoms with Crippen LogP contribution < -0.4 is 5.32 Å². The molecule has 2 aromatic rings. The van der Waals surface area contributed by atoms with Crippen molar-refractivity contribution in [3.8, 4) is 6.07 Å². The molecule has 1 aromatic heterocycles. The minimum absolute atomic E-state index is 0.469. The van der Waals surface area contributed by atoms with Crippen LogP contribution in [0.3, 0.4) is 0 Å². The van der Waals surface area contributed by atoms with Crippen molar-refractivity contribution in [3.63, 3.8) is 0 Å². The Labute approximate surface area is 141 Å². The SMILES string of the molecule is CC1CCc2c(sc(NCCC(O)c3ccccc3)c2C#N)C1. The minimum Gasteiger partial charge on any atom is -0.388 e. The molecule has 0 fully saturated rings. The summed E-state index contributed by atoms with van der Waals surface area (Å²) in [5.41, 5.74) is 3.02. The zero-order chi connectivity index (χ0) is 16.2. The lowest BCUT2D eigenvalue weighted by Gasteiger charge is -2.17. The van der Waals surface area contributed by atoms with E-state index < -0.39 is 6.10 Å². The topological polar surface area (TPSA) is 56.0 Å². The number of hydrogen-bond donors (Lipinski definition) is 2. The third-order valence-corrected chi connectivity index (χ3v) is 5.72. The van der Waals surface area contributed by atoms with Crippen LogP contribution in [0.5, 0.6) is 0 Å². The van der Waals surface area contributed by atoms with Gasteiger partial charge in [0.25, 0.3) is 0 Å². The third-order valence-electron chi connectivity index (χ3n) is 4.51. The summed E-state index contributed by atoms with van der Waals surface area (Å²) in [5, 5.41) is 24.1. The van der Waals surface area contributed by atoms with E-state index in [1.807, 2.05) is 30.3 Å². The van der Waals surface area contributed by atoms with Gasteiger partial charge in [0.2, 0.25) is 0 Å². The number of thiophene rings is 1. The predicted octanol–water partition coefficient (Wildman–Crippen LogP) is 4.28. The maximum atomic E-state index is 10.2. The lowest BCUT2D eigenvalue weighted by atomic mass is 9.88. The van der Waals surface area contributed by atoms with E-state index in [2.05, 4.69) is 18.3 Å². The van der Waals surface area contributed by atoms with E-state index in [9.17, 15) is 10.4 Å². The number of fused-ring (bicyclic) bond motifs is 1. The summed E-state index contributed by atoms with van der Waals surface area (Å²) < 4.78 is 0. The van der Waals surface area contributed by atoms with Gasteiger partial charge in [0.05, 0.1) is 11.7 Å². The van der Waals surface area contributed by atoms with Crippen molar-refractivity contribution in [2.45, 2.75) is 38.7 Å². The van der Waals surface area contributed by atoms with Crippen LogP contribution in [0.1, 0.15) is 47.4 Å². The van der Waals surface area contributed by atoms with Crippen molar-refractivity contribution >= 4 is 16.3 Å². The number of aliphatic hydroxyl groups is 1. The fraction of sp³-hybridized carbons (Fsp3) is 0.421. The third kappa shape index (κ3) is 3.57. The first-order chi connectivity index (χ1) is 11.2. The van der Waals surface area contributed by atoms with Crippen LogP contribution in [0.25, 0.3) is 0 Å². The molecule has 0 bridgehead atoms. The Balaban J connectivity index is 1.64. The molecule has 1 aromatic carbocycles. The Hall–Kier alpha value is -1.83. The van der Waals surface area contributed by atoms with Gasteiger partial charge in [0.1, 0.15) is 11.1 Å². The summed E-state index contributed by atoms with van der Waals surface area (Å²) >= 11 is 1.72. The van der Waals surface area contributed by atoms with Crippen molar-refractivity contribution in [2.75, 3.05) is 11.9 Å². The molecule has 0 saturated heterocycles. The number of rotatable bonds is 5. The fourth-order valence-electron chi connectivity index (χ4n) is 3.16. The van der Waals surface area contributed by atoms with E-state index in [0.717, 1.165) is 29.0 Å². The van der Waals surface area contributed by atoms with Crippen molar-refractivity contribution in [3.05, 3.63) is 51.9 Å². The van der Waals surface area contributed by atoms with E-state index in [1.165, 1.54) is 16.9 Å². The highest BCUT2D eigenvalue weighted by atomic mass is 32.1. The molecule has 0 spiro atoms. The molecule has 3 rings (SSSR count). The molecule has 120 valence electrons. The summed E-state index contributed by atoms with van der Waals surface area (Å²) in [7, 11) is 0. The standard InChI is InChI=1S/C19H22N2OS/c1-13-7-8-15-16(12-20)19(23-18(15)11-13)21-10-9-17(22)14-5-3-2-4-6-14/h2-6,13,17,21-22H,7-11H2,1H3. The summed E-state index contributed by atoms with van der Waals surface area (Å²) in [5.74, 6) is 0.709. The average Bonchev–Trinajstić information content (AvgIpc) is 2.91. The van der Waals surface area contributed by atoms with Gasteiger partial charge in [-0.1, -0.05) is 37.3 Å². The van der Waals surface area contributed by atoms with Gasteiger partial charge in [0.15, 0.2) is 0 Å². The van der Waals surface area contributed by atoms with Crippen LogP contribution in [0.15, 0.2) is 30.3 Å². The number of hydrogen-bond acceptors (Lipinski definition) is 4. The quantitative estimate of drug-likeness (QED) is 0.862. The number of benzene rings is 1. The highest BCUT2D eigenvalue weighted by molar-refractivity contribution is 7.16. The molecule has 0 aliphatic heterocycles. The lowest BCUT2D eigenvalue weighted by molar-refractivity contribution is 0.171. The number of aliphatic hydroxyl groups excluding tert-OH is 1. The van der Waals surface area contributed by atoms with Crippen LogP contribution in [-0.4, -0.2) is 11.7 Å². The van der Waals surface area contributed by atoms with E-state index in [0.29, 0.717) is 18.9 Å². The van der Waals surface area contributed by atoms with Crippen LogP contribution in [0, 0.1) is 17.2 Å². The van der Waals surface area contributed by atoms with Gasteiger partial charge < -0.3 is 10.4 Å². The monoisotopic (exact) mass is 326 g/mol. The Morgan fingerprint density at radius 2 is 2.17 bits per heavy atom. The summed E-state index contributed by atoms with van der Waals surface area (Å²) in [6, 6.07) is 12.1. The summed E-state index contributed by atoms with van der Waals surface area (Å²) in [4.78, 5) is 1.37. The molecule has 2 unspecified atom stereocenters. The normalized spacial score (nSPS) is 18.0. The van der Waals surface area contributed by atoms with Crippen molar-refractivity contribution < 1.29 is 5.11 Å². The van der Waals surface area contributed by atoms with Gasteiger partial charge in [0, 0.05) is 11.4 Å². The van der Waals surface area contributed by atoms with Gasteiger partial charge in [-0.05, 0) is 42.7 Å². The molecule has 0 radical (unpaired) electrons. The van der Waals surface area contributed by atoms with Crippen LogP contribution in [0.4, 0.5) is 5.00 Å². The number of nitriles is 1. The highest BCUT2D eigenvalue weighted by Crippen LogP contribution is 2.39. The van der Waals surface area contributed by atoms with Crippen molar-refractivity contribution in [2.24, 2.45) is 5.92 Å². The Kier molecular flexibility index (Phi) is 5.00. The first kappa shape index (κ1) is 16.0. The predicted molar refractivity (Wildman–Crippen MR) is 94.7 cm³/mol. The number of nitrogens with one attached hydrogen (secondary N) is 1. The molecule has 1 aliphatic rings. The van der Waals surface area contributed by atoms with Crippen LogP contribution in [0.2, 0.25) is 0 Å². The number of anilines is 1. The second-order valence-electron chi connectivity index (χ2n) is 6.31. The molecule has 0 amide bonds. The molecule has 1 heterocycles. The first-order valence-corrected chi connectivity index (χ1v) is 9.02. The van der Waals surface area contributed by atoms with Crippen molar-refractivity contribution in [1.29, 1.82) is 5.26 Å². The van der Waals surface area contributed by atoms with Gasteiger partial charge >= 0.3 is 0 Å². The van der Waals surface area contributed by atoms with Gasteiger partial charge in [-0.15, -0.1) is 11.3 Å².